The van der Waals surface area contributed by atoms with Crippen molar-refractivity contribution in [2.24, 2.45) is 0 Å². The molecule has 3 aromatic carbocycles. The van der Waals surface area contributed by atoms with Gasteiger partial charge in [0.25, 0.3) is 0 Å². The highest BCUT2D eigenvalue weighted by molar-refractivity contribution is 5.31. The van der Waals surface area contributed by atoms with Crippen LogP contribution < -0.4 is 9.47 Å². The van der Waals surface area contributed by atoms with Gasteiger partial charge in [-0.2, -0.15) is 0 Å². The molecule has 1 unspecified atom stereocenters. The van der Waals surface area contributed by atoms with E-state index in [0.29, 0.717) is 30.9 Å². The fourth-order valence-electron chi connectivity index (χ4n) is 3.11. The summed E-state index contributed by atoms with van der Waals surface area (Å²) in [6.45, 7) is 1.52. The van der Waals surface area contributed by atoms with Gasteiger partial charge in [-0.15, -0.1) is 0 Å². The van der Waals surface area contributed by atoms with Crippen molar-refractivity contribution in [2.45, 2.75) is 19.2 Å². The van der Waals surface area contributed by atoms with E-state index in [2.05, 4.69) is 0 Å². The average Bonchev–Trinajstić information content (AvgIpc) is 2.75. The molecule has 0 aromatic heterocycles. The second kappa shape index (κ2) is 10.6. The Kier molecular flexibility index (Phi) is 7.61. The van der Waals surface area contributed by atoms with Gasteiger partial charge in [0.2, 0.25) is 0 Å². The number of benzene rings is 3. The fourth-order valence-corrected chi connectivity index (χ4v) is 3.11. The number of aliphatic hydroxyl groups excluding tert-OH is 1. The zero-order valence-electron chi connectivity index (χ0n) is 16.5. The molecule has 0 saturated heterocycles. The van der Waals surface area contributed by atoms with Crippen molar-refractivity contribution < 1.29 is 19.0 Å². The van der Waals surface area contributed by atoms with Gasteiger partial charge in [0.05, 0.1) is 7.11 Å². The Balaban J connectivity index is 1.62. The van der Waals surface area contributed by atoms with E-state index in [1.807, 2.05) is 53.4 Å². The summed E-state index contributed by atoms with van der Waals surface area (Å²) in [5, 5.41) is 10.5. The normalized spacial score (nSPS) is 12.0. The summed E-state index contributed by atoms with van der Waals surface area (Å²) in [5.41, 5.74) is 1.71. The third-order valence-corrected chi connectivity index (χ3v) is 4.57. The van der Waals surface area contributed by atoms with Crippen molar-refractivity contribution in [3.05, 3.63) is 95.8 Å². The highest BCUT2D eigenvalue weighted by Gasteiger charge is 2.15. The molecule has 0 radical (unpaired) electrons. The molecule has 0 aliphatic heterocycles. The van der Waals surface area contributed by atoms with Crippen LogP contribution in [0.1, 0.15) is 11.1 Å². The third-order valence-electron chi connectivity index (χ3n) is 4.57. The summed E-state index contributed by atoms with van der Waals surface area (Å²) >= 11 is 0. The monoisotopic (exact) mass is 395 g/mol. The van der Waals surface area contributed by atoms with Crippen LogP contribution in [-0.4, -0.2) is 36.4 Å². The molecule has 4 nitrogen and oxygen atoms in total. The Hall–Kier alpha value is -2.89. The summed E-state index contributed by atoms with van der Waals surface area (Å²) in [4.78, 5) is 2.02. The molecular weight excluding hydrogens is 369 g/mol. The van der Waals surface area contributed by atoms with Crippen molar-refractivity contribution in [3.63, 3.8) is 0 Å². The van der Waals surface area contributed by atoms with E-state index in [0.717, 1.165) is 11.3 Å². The van der Waals surface area contributed by atoms with Gasteiger partial charge in [0.1, 0.15) is 30.0 Å². The summed E-state index contributed by atoms with van der Waals surface area (Å²) in [6.07, 6.45) is -0.715. The molecule has 0 bridgehead atoms. The number of nitrogens with zero attached hydrogens (tertiary/aromatic N) is 1. The van der Waals surface area contributed by atoms with Crippen LogP contribution >= 0.6 is 0 Å². The molecule has 0 amide bonds. The molecule has 0 saturated carbocycles. The highest BCUT2D eigenvalue weighted by atomic mass is 19.1. The first-order chi connectivity index (χ1) is 14.1. The Morgan fingerprint density at radius 2 is 1.52 bits per heavy atom. The topological polar surface area (TPSA) is 41.9 Å². The van der Waals surface area contributed by atoms with Gasteiger partial charge in [-0.3, -0.25) is 4.90 Å². The van der Waals surface area contributed by atoms with Crippen LogP contribution in [-0.2, 0) is 13.1 Å². The van der Waals surface area contributed by atoms with Crippen molar-refractivity contribution >= 4 is 0 Å². The van der Waals surface area contributed by atoms with Gasteiger partial charge in [-0.25, -0.2) is 4.39 Å². The zero-order chi connectivity index (χ0) is 20.5. The molecule has 5 heteroatoms. The molecule has 0 heterocycles. The maximum atomic E-state index is 14.1. The van der Waals surface area contributed by atoms with E-state index in [9.17, 15) is 9.50 Å². The van der Waals surface area contributed by atoms with Crippen molar-refractivity contribution in [1.82, 2.24) is 4.90 Å². The predicted molar refractivity (Wildman–Crippen MR) is 111 cm³/mol. The average molecular weight is 395 g/mol. The lowest BCUT2D eigenvalue weighted by Gasteiger charge is -2.25. The zero-order valence-corrected chi connectivity index (χ0v) is 16.5. The lowest BCUT2D eigenvalue weighted by molar-refractivity contribution is 0.0624. The summed E-state index contributed by atoms with van der Waals surface area (Å²) < 4.78 is 24.9. The van der Waals surface area contributed by atoms with Crippen LogP contribution in [0.5, 0.6) is 11.5 Å². The summed E-state index contributed by atoms with van der Waals surface area (Å²) in [6, 6.07) is 23.9. The Morgan fingerprint density at radius 1 is 0.862 bits per heavy atom. The quantitative estimate of drug-likeness (QED) is 0.557. The first-order valence-electron chi connectivity index (χ1n) is 9.58. The first kappa shape index (κ1) is 20.8. The minimum Gasteiger partial charge on any atom is -0.497 e. The van der Waals surface area contributed by atoms with E-state index in [1.165, 1.54) is 6.07 Å². The smallest absolute Gasteiger partial charge is 0.127 e. The van der Waals surface area contributed by atoms with E-state index < -0.39 is 6.10 Å². The Bertz CT molecular complexity index is 871. The van der Waals surface area contributed by atoms with Crippen LogP contribution in [0.3, 0.4) is 0 Å². The number of rotatable bonds is 10. The number of hydrogen-bond donors (Lipinski definition) is 1. The van der Waals surface area contributed by atoms with E-state index in [4.69, 9.17) is 9.47 Å². The second-order valence-electron chi connectivity index (χ2n) is 6.89. The lowest BCUT2D eigenvalue weighted by Crippen LogP contribution is -2.35. The predicted octanol–water partition coefficient (Wildman–Crippen LogP) is 4.28. The second-order valence-corrected chi connectivity index (χ2v) is 6.89. The highest BCUT2D eigenvalue weighted by Crippen LogP contribution is 2.18. The lowest BCUT2D eigenvalue weighted by atomic mass is 10.1. The van der Waals surface area contributed by atoms with Crippen LogP contribution in [0.25, 0.3) is 0 Å². The molecule has 152 valence electrons. The molecule has 0 aliphatic rings. The number of halogens is 1. The Labute approximate surface area is 171 Å². The molecule has 0 fully saturated rings. The SMILES string of the molecule is COc1ccc(OCC(O)CN(Cc2ccccc2)Cc2ccccc2F)cc1. The molecule has 3 rings (SSSR count). The largest absolute Gasteiger partial charge is 0.497 e. The van der Waals surface area contributed by atoms with Crippen LogP contribution in [0, 0.1) is 5.82 Å². The molecule has 3 aromatic rings. The number of methoxy groups -OCH3 is 1. The molecule has 0 spiro atoms. The van der Waals surface area contributed by atoms with Crippen LogP contribution in [0.4, 0.5) is 4.39 Å². The molecular formula is C24H26FNO3. The first-order valence-corrected chi connectivity index (χ1v) is 9.58. The van der Waals surface area contributed by atoms with Gasteiger partial charge >= 0.3 is 0 Å². The minimum absolute atomic E-state index is 0.148. The summed E-state index contributed by atoms with van der Waals surface area (Å²) in [7, 11) is 1.61. The van der Waals surface area contributed by atoms with Crippen molar-refractivity contribution in [1.29, 1.82) is 0 Å². The summed E-state index contributed by atoms with van der Waals surface area (Å²) in [5.74, 6) is 1.17. The van der Waals surface area contributed by atoms with E-state index >= 15 is 0 Å². The maximum absolute atomic E-state index is 14.1. The Morgan fingerprint density at radius 3 is 2.21 bits per heavy atom. The molecule has 1 N–H and O–H groups in total. The van der Waals surface area contributed by atoms with Gasteiger partial charge in [-0.1, -0.05) is 48.5 Å². The maximum Gasteiger partial charge on any atom is 0.127 e. The third kappa shape index (κ3) is 6.59. The van der Waals surface area contributed by atoms with Gasteiger partial charge in [-0.05, 0) is 35.9 Å². The number of ether oxygens (including phenoxy) is 2. The van der Waals surface area contributed by atoms with Crippen LogP contribution in [0.2, 0.25) is 0 Å². The van der Waals surface area contributed by atoms with Crippen molar-refractivity contribution in [2.75, 3.05) is 20.3 Å². The van der Waals surface area contributed by atoms with Gasteiger partial charge in [0, 0.05) is 25.2 Å². The molecule has 29 heavy (non-hydrogen) atoms. The molecule has 0 aliphatic carbocycles. The van der Waals surface area contributed by atoms with Crippen LogP contribution in [0.15, 0.2) is 78.9 Å². The van der Waals surface area contributed by atoms with Gasteiger partial charge < -0.3 is 14.6 Å². The number of aliphatic hydroxyl groups is 1. The van der Waals surface area contributed by atoms with E-state index in [1.54, 1.807) is 31.4 Å². The van der Waals surface area contributed by atoms with Crippen molar-refractivity contribution in [3.8, 4) is 11.5 Å². The van der Waals surface area contributed by atoms with Gasteiger partial charge in [0.15, 0.2) is 0 Å². The molecule has 1 atom stereocenters. The van der Waals surface area contributed by atoms with E-state index in [-0.39, 0.29) is 12.4 Å². The number of hydrogen-bond acceptors (Lipinski definition) is 4. The minimum atomic E-state index is -0.715. The fraction of sp³-hybridized carbons (Fsp3) is 0.250. The standard InChI is InChI=1S/C24H26FNO3/c1-28-22-11-13-23(14-12-22)29-18-21(27)17-26(15-19-7-3-2-4-8-19)16-20-9-5-6-10-24(20)25/h2-14,21,27H,15-18H2,1H3.